The number of nitrogens with zero attached hydrogens (tertiary/aromatic N) is 1. The third-order valence-electron chi connectivity index (χ3n) is 3.62. The zero-order valence-electron chi connectivity index (χ0n) is 11.7. The molecule has 5 heteroatoms. The van der Waals surface area contributed by atoms with E-state index in [1.165, 1.54) is 32.1 Å². The monoisotopic (exact) mass is 281 g/mol. The van der Waals surface area contributed by atoms with Crippen molar-refractivity contribution in [2.24, 2.45) is 0 Å². The molecule has 0 bridgehead atoms. The van der Waals surface area contributed by atoms with Gasteiger partial charge in [0, 0.05) is 5.25 Å². The molecule has 0 aromatic carbocycles. The molecule has 2 rings (SSSR count). The lowest BCUT2D eigenvalue weighted by Gasteiger charge is -2.20. The average Bonchev–Trinajstić information content (AvgIpc) is 2.36. The summed E-state index contributed by atoms with van der Waals surface area (Å²) in [7, 11) is 0. The summed E-state index contributed by atoms with van der Waals surface area (Å²) >= 11 is 1.89. The summed E-state index contributed by atoms with van der Waals surface area (Å²) in [5.41, 5.74) is 6.41. The van der Waals surface area contributed by atoms with E-state index >= 15 is 0 Å². The van der Waals surface area contributed by atoms with Crippen LogP contribution in [0.3, 0.4) is 0 Å². The van der Waals surface area contributed by atoms with Crippen LogP contribution in [-0.2, 0) is 5.75 Å². The molecule has 1 heterocycles. The van der Waals surface area contributed by atoms with E-state index in [0.29, 0.717) is 22.5 Å². The van der Waals surface area contributed by atoms with Gasteiger partial charge in [0.05, 0.1) is 11.3 Å². The van der Waals surface area contributed by atoms with Crippen LogP contribution in [0.25, 0.3) is 0 Å². The highest BCUT2D eigenvalue weighted by Crippen LogP contribution is 2.29. The lowest BCUT2D eigenvalue weighted by molar-refractivity contribution is 0.516. The van der Waals surface area contributed by atoms with Gasteiger partial charge in [-0.1, -0.05) is 33.1 Å². The molecular weight excluding hydrogens is 258 g/mol. The van der Waals surface area contributed by atoms with Gasteiger partial charge in [0.25, 0.3) is 5.56 Å². The number of nitrogens with two attached hydrogens (primary N) is 1. The van der Waals surface area contributed by atoms with Crippen molar-refractivity contribution in [3.8, 4) is 0 Å². The van der Waals surface area contributed by atoms with Crippen molar-refractivity contribution >= 4 is 17.6 Å². The second kappa shape index (κ2) is 6.46. The highest BCUT2D eigenvalue weighted by molar-refractivity contribution is 7.99. The zero-order chi connectivity index (χ0) is 13.8. The van der Waals surface area contributed by atoms with E-state index in [0.717, 1.165) is 5.75 Å². The van der Waals surface area contributed by atoms with Gasteiger partial charge in [0.1, 0.15) is 11.6 Å². The molecule has 0 saturated heterocycles. The Morgan fingerprint density at radius 1 is 1.37 bits per heavy atom. The van der Waals surface area contributed by atoms with Crippen LogP contribution in [0.5, 0.6) is 0 Å². The standard InChI is InChI=1S/C14H23N3OS/c1-9(2)12-13(15)16-11(17-14(12)18)8-19-10-6-4-3-5-7-10/h9-10H,3-8H2,1-2H3,(H3,15,16,17,18). The number of hydrogen-bond acceptors (Lipinski definition) is 4. The Balaban J connectivity index is 2.03. The molecule has 0 aliphatic heterocycles. The molecule has 0 atom stereocenters. The minimum atomic E-state index is -0.0817. The SMILES string of the molecule is CC(C)c1c(N)nc(CSC2CCCCC2)[nH]c1=O. The van der Waals surface area contributed by atoms with Crippen LogP contribution in [0.15, 0.2) is 4.79 Å². The molecule has 1 aromatic rings. The summed E-state index contributed by atoms with van der Waals surface area (Å²) in [5, 5.41) is 0.713. The Hall–Kier alpha value is -0.970. The first-order chi connectivity index (χ1) is 9.08. The van der Waals surface area contributed by atoms with Crippen LogP contribution in [-0.4, -0.2) is 15.2 Å². The minimum Gasteiger partial charge on any atom is -0.383 e. The fourth-order valence-corrected chi connectivity index (χ4v) is 3.80. The highest BCUT2D eigenvalue weighted by atomic mass is 32.2. The Morgan fingerprint density at radius 3 is 2.63 bits per heavy atom. The molecular formula is C14H23N3OS. The lowest BCUT2D eigenvalue weighted by atomic mass is 10.0. The molecule has 1 aromatic heterocycles. The smallest absolute Gasteiger partial charge is 0.256 e. The number of hydrogen-bond donors (Lipinski definition) is 2. The number of nitrogen functional groups attached to an aromatic ring is 1. The molecule has 3 N–H and O–H groups in total. The van der Waals surface area contributed by atoms with Crippen LogP contribution in [0.4, 0.5) is 5.82 Å². The second-order valence-corrected chi connectivity index (χ2v) is 6.83. The van der Waals surface area contributed by atoms with Gasteiger partial charge >= 0.3 is 0 Å². The minimum absolute atomic E-state index is 0.0817. The summed E-state index contributed by atoms with van der Waals surface area (Å²) in [6, 6.07) is 0. The Labute approximate surface area is 118 Å². The van der Waals surface area contributed by atoms with E-state index in [9.17, 15) is 4.79 Å². The van der Waals surface area contributed by atoms with Gasteiger partial charge in [-0.05, 0) is 18.8 Å². The van der Waals surface area contributed by atoms with Crippen LogP contribution >= 0.6 is 11.8 Å². The van der Waals surface area contributed by atoms with E-state index in [2.05, 4.69) is 9.97 Å². The number of nitrogens with one attached hydrogen (secondary N) is 1. The van der Waals surface area contributed by atoms with Crippen molar-refractivity contribution in [1.29, 1.82) is 0 Å². The fourth-order valence-electron chi connectivity index (χ4n) is 2.60. The predicted octanol–water partition coefficient (Wildman–Crippen LogP) is 3.04. The maximum atomic E-state index is 12.0. The maximum absolute atomic E-state index is 12.0. The van der Waals surface area contributed by atoms with Gasteiger partial charge in [-0.15, -0.1) is 0 Å². The van der Waals surface area contributed by atoms with Gasteiger partial charge in [-0.2, -0.15) is 11.8 Å². The van der Waals surface area contributed by atoms with E-state index in [-0.39, 0.29) is 11.5 Å². The lowest BCUT2D eigenvalue weighted by Crippen LogP contribution is -2.21. The predicted molar refractivity (Wildman–Crippen MR) is 81.5 cm³/mol. The molecule has 0 unspecified atom stereocenters. The molecule has 1 aliphatic rings. The molecule has 19 heavy (non-hydrogen) atoms. The van der Waals surface area contributed by atoms with Gasteiger partial charge in [0.15, 0.2) is 0 Å². The molecule has 4 nitrogen and oxygen atoms in total. The summed E-state index contributed by atoms with van der Waals surface area (Å²) in [5.74, 6) is 1.96. The van der Waals surface area contributed by atoms with Crippen LogP contribution in [0.2, 0.25) is 0 Å². The fraction of sp³-hybridized carbons (Fsp3) is 0.714. The molecule has 106 valence electrons. The third-order valence-corrected chi connectivity index (χ3v) is 5.00. The van der Waals surface area contributed by atoms with Crippen LogP contribution in [0.1, 0.15) is 63.3 Å². The van der Waals surface area contributed by atoms with Crippen molar-refractivity contribution in [3.63, 3.8) is 0 Å². The summed E-state index contributed by atoms with van der Waals surface area (Å²) in [4.78, 5) is 19.2. The molecule has 1 saturated carbocycles. The number of thioether (sulfide) groups is 1. The molecule has 0 spiro atoms. The third kappa shape index (κ3) is 3.75. The molecule has 0 radical (unpaired) electrons. The van der Waals surface area contributed by atoms with Crippen molar-refractivity contribution < 1.29 is 0 Å². The van der Waals surface area contributed by atoms with Crippen molar-refractivity contribution in [1.82, 2.24) is 9.97 Å². The number of H-pyrrole nitrogens is 1. The number of aromatic amines is 1. The molecule has 1 aliphatic carbocycles. The first kappa shape index (κ1) is 14.4. The zero-order valence-corrected chi connectivity index (χ0v) is 12.6. The number of rotatable bonds is 4. The first-order valence-electron chi connectivity index (χ1n) is 7.08. The second-order valence-electron chi connectivity index (χ2n) is 5.54. The van der Waals surface area contributed by atoms with Crippen molar-refractivity contribution in [2.75, 3.05) is 5.73 Å². The van der Waals surface area contributed by atoms with E-state index in [1.54, 1.807) is 0 Å². The van der Waals surface area contributed by atoms with Crippen LogP contribution in [0, 0.1) is 0 Å². The Bertz CT molecular complexity index is 478. The van der Waals surface area contributed by atoms with Crippen molar-refractivity contribution in [3.05, 3.63) is 21.7 Å². The van der Waals surface area contributed by atoms with Crippen molar-refractivity contribution in [2.45, 2.75) is 62.9 Å². The largest absolute Gasteiger partial charge is 0.383 e. The topological polar surface area (TPSA) is 71.8 Å². The summed E-state index contributed by atoms with van der Waals surface area (Å²) in [6.45, 7) is 3.91. The van der Waals surface area contributed by atoms with E-state index in [1.807, 2.05) is 25.6 Å². The van der Waals surface area contributed by atoms with Gasteiger partial charge in [-0.3, -0.25) is 4.79 Å². The highest BCUT2D eigenvalue weighted by Gasteiger charge is 2.16. The average molecular weight is 281 g/mol. The van der Waals surface area contributed by atoms with Gasteiger partial charge in [-0.25, -0.2) is 4.98 Å². The molecule has 1 fully saturated rings. The first-order valence-corrected chi connectivity index (χ1v) is 8.13. The normalized spacial score (nSPS) is 17.0. The van der Waals surface area contributed by atoms with Gasteiger partial charge in [0.2, 0.25) is 0 Å². The Morgan fingerprint density at radius 2 is 2.05 bits per heavy atom. The number of anilines is 1. The van der Waals surface area contributed by atoms with Crippen LogP contribution < -0.4 is 11.3 Å². The van der Waals surface area contributed by atoms with E-state index < -0.39 is 0 Å². The van der Waals surface area contributed by atoms with Gasteiger partial charge < -0.3 is 10.7 Å². The Kier molecular flexibility index (Phi) is 4.91. The molecule has 0 amide bonds. The van der Waals surface area contributed by atoms with E-state index in [4.69, 9.17) is 5.73 Å². The maximum Gasteiger partial charge on any atom is 0.256 e. The number of aromatic nitrogens is 2. The quantitative estimate of drug-likeness (QED) is 0.889. The summed E-state index contributed by atoms with van der Waals surface area (Å²) < 4.78 is 0. The summed E-state index contributed by atoms with van der Waals surface area (Å²) in [6.07, 6.45) is 6.59.